The van der Waals surface area contributed by atoms with E-state index in [2.05, 4.69) is 16.0 Å². The number of carboxylic acids is 1. The maximum atomic E-state index is 11.6. The fourth-order valence-corrected chi connectivity index (χ4v) is 1.42. The summed E-state index contributed by atoms with van der Waals surface area (Å²) in [7, 11) is 0. The molecule has 0 radical (unpaired) electrons. The Hall–Kier alpha value is -1.79. The van der Waals surface area contributed by atoms with Gasteiger partial charge in [0.05, 0.1) is 6.54 Å². The molecule has 0 aliphatic rings. The largest absolute Gasteiger partial charge is 0.480 e. The van der Waals surface area contributed by atoms with Gasteiger partial charge in [-0.05, 0) is 11.8 Å². The van der Waals surface area contributed by atoms with Gasteiger partial charge < -0.3 is 21.1 Å². The van der Waals surface area contributed by atoms with Crippen LogP contribution in [0.25, 0.3) is 0 Å². The molecular weight excluding hydrogens is 262 g/mol. The zero-order valence-corrected chi connectivity index (χ0v) is 12.5. The van der Waals surface area contributed by atoms with Crippen LogP contribution in [0.3, 0.4) is 0 Å². The molecule has 0 aromatic carbocycles. The number of hydrogen-bond donors (Lipinski definition) is 4. The average Bonchev–Trinajstić information content (AvgIpc) is 2.38. The number of urea groups is 1. The van der Waals surface area contributed by atoms with E-state index in [4.69, 9.17) is 5.11 Å². The van der Waals surface area contributed by atoms with E-state index in [1.54, 1.807) is 6.92 Å². The number of hydrogen-bond acceptors (Lipinski definition) is 3. The first-order chi connectivity index (χ1) is 9.27. The lowest BCUT2D eigenvalue weighted by Gasteiger charge is -2.20. The highest BCUT2D eigenvalue weighted by atomic mass is 16.4. The van der Waals surface area contributed by atoms with E-state index >= 15 is 0 Å². The van der Waals surface area contributed by atoms with Gasteiger partial charge >= 0.3 is 12.0 Å². The summed E-state index contributed by atoms with van der Waals surface area (Å²) in [5.41, 5.74) is 0. The molecule has 0 aromatic heterocycles. The fourth-order valence-electron chi connectivity index (χ4n) is 1.42. The molecule has 3 amide bonds. The number of carboxylic acid groups (broad SMARTS) is 1. The van der Waals surface area contributed by atoms with Crippen LogP contribution >= 0.6 is 0 Å². The van der Waals surface area contributed by atoms with E-state index < -0.39 is 18.0 Å². The predicted molar refractivity (Wildman–Crippen MR) is 75.3 cm³/mol. The quantitative estimate of drug-likeness (QED) is 0.523. The smallest absolute Gasteiger partial charge is 0.326 e. The summed E-state index contributed by atoms with van der Waals surface area (Å²) in [6, 6.07) is -1.61. The Morgan fingerprint density at radius 2 is 1.70 bits per heavy atom. The molecule has 0 aliphatic carbocycles. The monoisotopic (exact) mass is 287 g/mol. The third-order valence-electron chi connectivity index (χ3n) is 2.88. The highest BCUT2D eigenvalue weighted by Gasteiger charge is 2.25. The Kier molecular flexibility index (Phi) is 8.35. The molecule has 0 aliphatic heterocycles. The summed E-state index contributed by atoms with van der Waals surface area (Å²) in [6.45, 7) is 7.88. The minimum absolute atomic E-state index is 0.175. The molecule has 7 heteroatoms. The first-order valence-corrected chi connectivity index (χ1v) is 6.81. The van der Waals surface area contributed by atoms with Crippen LogP contribution in [-0.4, -0.2) is 42.1 Å². The third-order valence-corrected chi connectivity index (χ3v) is 2.88. The maximum absolute atomic E-state index is 11.6. The van der Waals surface area contributed by atoms with Crippen LogP contribution in [0, 0.1) is 11.8 Å². The average molecular weight is 287 g/mol. The fraction of sp³-hybridized carbons (Fsp3) is 0.769. The summed E-state index contributed by atoms with van der Waals surface area (Å²) >= 11 is 0. The zero-order chi connectivity index (χ0) is 15.7. The minimum atomic E-state index is -1.08. The SMILES string of the molecule is CC[C@H](C)[C@H](NC(=O)NCC(=O)NCC(C)C)C(=O)O. The summed E-state index contributed by atoms with van der Waals surface area (Å²) in [5, 5.41) is 16.4. The highest BCUT2D eigenvalue weighted by Crippen LogP contribution is 2.07. The van der Waals surface area contributed by atoms with E-state index in [9.17, 15) is 14.4 Å². The number of aliphatic carboxylic acids is 1. The van der Waals surface area contributed by atoms with Crippen LogP contribution in [0.5, 0.6) is 0 Å². The molecule has 2 atom stereocenters. The minimum Gasteiger partial charge on any atom is -0.480 e. The highest BCUT2D eigenvalue weighted by molar-refractivity contribution is 5.86. The molecule has 4 N–H and O–H groups in total. The molecular formula is C13H25N3O4. The van der Waals surface area contributed by atoms with E-state index in [0.717, 1.165) is 0 Å². The van der Waals surface area contributed by atoms with Crippen LogP contribution in [0.15, 0.2) is 0 Å². The van der Waals surface area contributed by atoms with Gasteiger partial charge in [-0.2, -0.15) is 0 Å². The van der Waals surface area contributed by atoms with Crippen molar-refractivity contribution in [1.29, 1.82) is 0 Å². The second kappa shape index (κ2) is 9.17. The van der Waals surface area contributed by atoms with E-state index in [0.29, 0.717) is 18.9 Å². The molecule has 0 heterocycles. The number of amides is 3. The molecule has 7 nitrogen and oxygen atoms in total. The van der Waals surface area contributed by atoms with Gasteiger partial charge in [0.2, 0.25) is 5.91 Å². The number of carbonyl (C=O) groups excluding carboxylic acids is 2. The van der Waals surface area contributed by atoms with Gasteiger partial charge in [0.25, 0.3) is 0 Å². The summed E-state index contributed by atoms with van der Waals surface area (Å²) in [6.07, 6.45) is 0.631. The molecule has 0 rings (SSSR count). The molecule has 0 saturated carbocycles. The summed E-state index contributed by atoms with van der Waals surface area (Å²) in [5.74, 6) is -1.24. The van der Waals surface area contributed by atoms with Crippen molar-refractivity contribution in [2.75, 3.05) is 13.1 Å². The van der Waals surface area contributed by atoms with Crippen LogP contribution in [0.4, 0.5) is 4.79 Å². The van der Waals surface area contributed by atoms with Gasteiger partial charge in [0.15, 0.2) is 0 Å². The van der Waals surface area contributed by atoms with Crippen LogP contribution in [0.2, 0.25) is 0 Å². The van der Waals surface area contributed by atoms with Crippen LogP contribution in [-0.2, 0) is 9.59 Å². The molecule has 0 saturated heterocycles. The Balaban J connectivity index is 4.14. The van der Waals surface area contributed by atoms with E-state index in [1.165, 1.54) is 0 Å². The van der Waals surface area contributed by atoms with Gasteiger partial charge in [-0.3, -0.25) is 4.79 Å². The van der Waals surface area contributed by atoms with Crippen molar-refractivity contribution in [3.8, 4) is 0 Å². The normalized spacial score (nSPS) is 13.4. The van der Waals surface area contributed by atoms with Crippen molar-refractivity contribution in [1.82, 2.24) is 16.0 Å². The van der Waals surface area contributed by atoms with Crippen molar-refractivity contribution < 1.29 is 19.5 Å². The van der Waals surface area contributed by atoms with Gasteiger partial charge in [-0.15, -0.1) is 0 Å². The number of carbonyl (C=O) groups is 3. The predicted octanol–water partition coefficient (Wildman–Crippen LogP) is 0.557. The Labute approximate surface area is 119 Å². The third kappa shape index (κ3) is 7.60. The molecule has 0 aromatic rings. The van der Waals surface area contributed by atoms with Crippen molar-refractivity contribution in [3.05, 3.63) is 0 Å². The Bertz CT molecular complexity index is 345. The standard InChI is InChI=1S/C13H25N3O4/c1-5-9(4)11(12(18)19)16-13(20)15-7-10(17)14-6-8(2)3/h8-9,11H,5-7H2,1-4H3,(H,14,17)(H,18,19)(H2,15,16,20)/t9-,11-/m0/s1. The summed E-state index contributed by atoms with van der Waals surface area (Å²) < 4.78 is 0. The second-order valence-corrected chi connectivity index (χ2v) is 5.23. The zero-order valence-electron chi connectivity index (χ0n) is 12.5. The Morgan fingerprint density at radius 1 is 1.10 bits per heavy atom. The van der Waals surface area contributed by atoms with Crippen molar-refractivity contribution >= 4 is 17.9 Å². The summed E-state index contributed by atoms with van der Waals surface area (Å²) in [4.78, 5) is 34.0. The maximum Gasteiger partial charge on any atom is 0.326 e. The second-order valence-electron chi connectivity index (χ2n) is 5.23. The van der Waals surface area contributed by atoms with Gasteiger partial charge in [0.1, 0.15) is 6.04 Å². The molecule has 0 unspecified atom stereocenters. The van der Waals surface area contributed by atoms with E-state index in [-0.39, 0.29) is 18.4 Å². The van der Waals surface area contributed by atoms with Gasteiger partial charge in [0, 0.05) is 6.54 Å². The van der Waals surface area contributed by atoms with Gasteiger partial charge in [-0.25, -0.2) is 9.59 Å². The molecule has 20 heavy (non-hydrogen) atoms. The molecule has 0 fully saturated rings. The van der Waals surface area contributed by atoms with Crippen molar-refractivity contribution in [2.45, 2.75) is 40.2 Å². The number of nitrogens with one attached hydrogen (secondary N) is 3. The first-order valence-electron chi connectivity index (χ1n) is 6.81. The van der Waals surface area contributed by atoms with Crippen LogP contribution in [0.1, 0.15) is 34.1 Å². The lowest BCUT2D eigenvalue weighted by atomic mass is 9.99. The topological polar surface area (TPSA) is 108 Å². The number of rotatable bonds is 8. The Morgan fingerprint density at radius 3 is 2.15 bits per heavy atom. The molecule has 116 valence electrons. The molecule has 0 spiro atoms. The first kappa shape index (κ1) is 18.2. The van der Waals surface area contributed by atoms with Gasteiger partial charge in [-0.1, -0.05) is 34.1 Å². The van der Waals surface area contributed by atoms with Crippen molar-refractivity contribution in [2.24, 2.45) is 11.8 Å². The van der Waals surface area contributed by atoms with Crippen molar-refractivity contribution in [3.63, 3.8) is 0 Å². The van der Waals surface area contributed by atoms with E-state index in [1.807, 2.05) is 20.8 Å². The van der Waals surface area contributed by atoms with Crippen LogP contribution < -0.4 is 16.0 Å². The lowest BCUT2D eigenvalue weighted by Crippen LogP contribution is -2.50. The molecule has 0 bridgehead atoms. The lowest BCUT2D eigenvalue weighted by molar-refractivity contribution is -0.140.